The van der Waals surface area contributed by atoms with Gasteiger partial charge >= 0.3 is 12.2 Å². The Morgan fingerprint density at radius 3 is 2.07 bits per heavy atom. The van der Waals surface area contributed by atoms with Crippen LogP contribution in [0.4, 0.5) is 9.59 Å². The minimum Gasteiger partial charge on any atom is -0.410 e. The number of benzene rings is 2. The molecule has 46 heavy (non-hydrogen) atoms. The number of carbonyl (C=O) groups excluding carboxylic acids is 3. The van der Waals surface area contributed by atoms with Crippen LogP contribution in [0.15, 0.2) is 40.9 Å². The maximum atomic E-state index is 13.2. The van der Waals surface area contributed by atoms with Crippen molar-refractivity contribution >= 4 is 18.1 Å². The van der Waals surface area contributed by atoms with Crippen molar-refractivity contribution in [3.05, 3.63) is 53.2 Å². The van der Waals surface area contributed by atoms with Gasteiger partial charge in [-0.1, -0.05) is 43.3 Å². The number of amides is 3. The van der Waals surface area contributed by atoms with Gasteiger partial charge in [0.15, 0.2) is 11.5 Å². The third kappa shape index (κ3) is 8.85. The van der Waals surface area contributed by atoms with E-state index < -0.39 is 18.1 Å². The molecule has 0 bridgehead atoms. The molecule has 0 spiro atoms. The maximum absolute atomic E-state index is 13.2. The number of carbonyl (C=O) groups is 3. The Kier molecular flexibility index (Phi) is 11.8. The third-order valence-corrected chi connectivity index (χ3v) is 7.19. The third-order valence-electron chi connectivity index (χ3n) is 7.19. The lowest BCUT2D eigenvalue weighted by Gasteiger charge is -2.26. The Hall–Kier alpha value is -4.42. The van der Waals surface area contributed by atoms with Gasteiger partial charge in [-0.15, -0.1) is 0 Å². The standard InChI is InChI=1S/C34H45N5O7/c1-8-35-32(40)30-29(24-11-9-23(10-12-24)19-39-13-15-43-16-14-39)31(46-38-30)26-17-25(20(2)3)27(44-33(41)36-21(4)5)18-28(26)45-34(42)37-22(6)7/h9-12,17-18,20-22H,8,13-16,19H2,1-7H3,(H,35,40)(H,36,41)(H,37,42). The number of hydrogen-bond acceptors (Lipinski definition) is 9. The van der Waals surface area contributed by atoms with E-state index in [1.165, 1.54) is 6.07 Å². The van der Waals surface area contributed by atoms with Crippen molar-refractivity contribution in [2.75, 3.05) is 32.8 Å². The van der Waals surface area contributed by atoms with Crippen molar-refractivity contribution in [2.45, 2.75) is 73.0 Å². The van der Waals surface area contributed by atoms with E-state index in [0.29, 0.717) is 42.0 Å². The summed E-state index contributed by atoms with van der Waals surface area (Å²) in [5, 5.41) is 12.4. The number of morpholine rings is 1. The molecule has 0 aliphatic carbocycles. The van der Waals surface area contributed by atoms with E-state index in [9.17, 15) is 14.4 Å². The van der Waals surface area contributed by atoms with Gasteiger partial charge in [0.25, 0.3) is 5.91 Å². The van der Waals surface area contributed by atoms with Crippen molar-refractivity contribution in [3.63, 3.8) is 0 Å². The van der Waals surface area contributed by atoms with Gasteiger partial charge in [-0.2, -0.15) is 0 Å². The second kappa shape index (κ2) is 15.7. The lowest BCUT2D eigenvalue weighted by Crippen LogP contribution is -2.35. The molecule has 1 aliphatic heterocycles. The Labute approximate surface area is 270 Å². The van der Waals surface area contributed by atoms with Gasteiger partial charge < -0.3 is 34.7 Å². The Bertz CT molecular complexity index is 1510. The van der Waals surface area contributed by atoms with Gasteiger partial charge in [0, 0.05) is 44.3 Å². The SMILES string of the molecule is CCNC(=O)c1noc(-c2cc(C(C)C)c(OC(=O)NC(C)C)cc2OC(=O)NC(C)C)c1-c1ccc(CN2CCOCC2)cc1. The lowest BCUT2D eigenvalue weighted by atomic mass is 9.93. The average molecular weight is 636 g/mol. The molecule has 1 saturated heterocycles. The summed E-state index contributed by atoms with van der Waals surface area (Å²) in [5.41, 5.74) is 3.38. The fourth-order valence-corrected chi connectivity index (χ4v) is 5.04. The van der Waals surface area contributed by atoms with Crippen molar-refractivity contribution in [1.82, 2.24) is 26.0 Å². The fraction of sp³-hybridized carbons (Fsp3) is 0.471. The molecule has 0 saturated carbocycles. The molecule has 0 atom stereocenters. The summed E-state index contributed by atoms with van der Waals surface area (Å²) in [4.78, 5) is 41.1. The molecule has 248 valence electrons. The molecule has 2 aromatic carbocycles. The van der Waals surface area contributed by atoms with Crippen LogP contribution in [0.3, 0.4) is 0 Å². The van der Waals surface area contributed by atoms with E-state index >= 15 is 0 Å². The molecule has 0 radical (unpaired) electrons. The molecule has 3 amide bonds. The smallest absolute Gasteiger partial charge is 0.410 e. The Morgan fingerprint density at radius 1 is 0.891 bits per heavy atom. The number of nitrogens with one attached hydrogen (secondary N) is 3. The Balaban J connectivity index is 1.85. The predicted molar refractivity (Wildman–Crippen MR) is 174 cm³/mol. The summed E-state index contributed by atoms with van der Waals surface area (Å²) in [7, 11) is 0. The summed E-state index contributed by atoms with van der Waals surface area (Å²) >= 11 is 0. The number of ether oxygens (including phenoxy) is 3. The molecule has 12 heteroatoms. The monoisotopic (exact) mass is 635 g/mol. The second-order valence-electron chi connectivity index (χ2n) is 12.1. The first-order chi connectivity index (χ1) is 22.0. The van der Waals surface area contributed by atoms with Gasteiger partial charge in [-0.25, -0.2) is 9.59 Å². The number of hydrogen-bond donors (Lipinski definition) is 3. The molecule has 3 aromatic rings. The number of aromatic nitrogens is 1. The quantitative estimate of drug-likeness (QED) is 0.241. The van der Waals surface area contributed by atoms with Crippen LogP contribution in [0, 0.1) is 0 Å². The highest BCUT2D eigenvalue weighted by atomic mass is 16.6. The van der Waals surface area contributed by atoms with Gasteiger partial charge in [-0.05, 0) is 63.3 Å². The van der Waals surface area contributed by atoms with E-state index in [0.717, 1.165) is 25.2 Å². The molecule has 2 heterocycles. The zero-order chi connectivity index (χ0) is 33.4. The summed E-state index contributed by atoms with van der Waals surface area (Å²) in [6, 6.07) is 10.8. The van der Waals surface area contributed by atoms with E-state index in [1.807, 2.05) is 72.7 Å². The van der Waals surface area contributed by atoms with Crippen LogP contribution in [0.1, 0.15) is 76.0 Å². The van der Waals surface area contributed by atoms with Gasteiger partial charge in [-0.3, -0.25) is 9.69 Å². The molecular weight excluding hydrogens is 590 g/mol. The molecule has 1 aromatic heterocycles. The summed E-state index contributed by atoms with van der Waals surface area (Å²) in [6.07, 6.45) is -1.35. The predicted octanol–water partition coefficient (Wildman–Crippen LogP) is 5.71. The highest BCUT2D eigenvalue weighted by Gasteiger charge is 2.29. The molecule has 12 nitrogen and oxygen atoms in total. The van der Waals surface area contributed by atoms with Crippen molar-refractivity contribution in [3.8, 4) is 33.9 Å². The van der Waals surface area contributed by atoms with Crippen molar-refractivity contribution in [1.29, 1.82) is 0 Å². The van der Waals surface area contributed by atoms with Crippen molar-refractivity contribution < 1.29 is 33.1 Å². The summed E-state index contributed by atoms with van der Waals surface area (Å²) in [6.45, 7) is 17.3. The van der Waals surface area contributed by atoms with Crippen LogP contribution in [0.25, 0.3) is 22.5 Å². The highest BCUT2D eigenvalue weighted by Crippen LogP contribution is 2.44. The fourth-order valence-electron chi connectivity index (χ4n) is 5.04. The molecule has 3 N–H and O–H groups in total. The minimum atomic E-state index is -0.705. The van der Waals surface area contributed by atoms with Gasteiger partial charge in [0.05, 0.1) is 24.3 Å². The zero-order valence-corrected chi connectivity index (χ0v) is 27.7. The van der Waals surface area contributed by atoms with E-state index in [4.69, 9.17) is 18.7 Å². The summed E-state index contributed by atoms with van der Waals surface area (Å²) < 4.78 is 22.9. The first-order valence-corrected chi connectivity index (χ1v) is 15.8. The molecule has 1 fully saturated rings. The van der Waals surface area contributed by atoms with Crippen LogP contribution in [-0.2, 0) is 11.3 Å². The number of rotatable bonds is 11. The lowest BCUT2D eigenvalue weighted by molar-refractivity contribution is 0.0342. The Morgan fingerprint density at radius 2 is 1.50 bits per heavy atom. The van der Waals surface area contributed by atoms with Gasteiger partial charge in [0.1, 0.15) is 11.5 Å². The second-order valence-corrected chi connectivity index (χ2v) is 12.1. The van der Waals surface area contributed by atoms with Crippen LogP contribution in [-0.4, -0.2) is 73.1 Å². The van der Waals surface area contributed by atoms with Crippen molar-refractivity contribution in [2.24, 2.45) is 0 Å². The maximum Gasteiger partial charge on any atom is 0.412 e. The van der Waals surface area contributed by atoms with Crippen LogP contribution in [0.5, 0.6) is 11.5 Å². The largest absolute Gasteiger partial charge is 0.412 e. The van der Waals surface area contributed by atoms with Crippen LogP contribution >= 0.6 is 0 Å². The highest BCUT2D eigenvalue weighted by molar-refractivity contribution is 6.02. The summed E-state index contributed by atoms with van der Waals surface area (Å²) in [5.74, 6) is 0.0159. The van der Waals surface area contributed by atoms with Crippen LogP contribution in [0.2, 0.25) is 0 Å². The molecule has 1 aliphatic rings. The number of nitrogens with zero attached hydrogens (tertiary/aromatic N) is 2. The van der Waals surface area contributed by atoms with E-state index in [2.05, 4.69) is 26.0 Å². The molecule has 4 rings (SSSR count). The first-order valence-electron chi connectivity index (χ1n) is 15.8. The van der Waals surface area contributed by atoms with E-state index in [1.54, 1.807) is 6.07 Å². The van der Waals surface area contributed by atoms with E-state index in [-0.39, 0.29) is 41.0 Å². The first kappa shape index (κ1) is 34.5. The van der Waals surface area contributed by atoms with Crippen LogP contribution < -0.4 is 25.4 Å². The average Bonchev–Trinajstić information content (AvgIpc) is 3.42. The topological polar surface area (TPSA) is 144 Å². The zero-order valence-electron chi connectivity index (χ0n) is 27.7. The molecule has 0 unspecified atom stereocenters. The normalized spacial score (nSPS) is 13.6. The minimum absolute atomic E-state index is 0.0682. The van der Waals surface area contributed by atoms with Gasteiger partial charge in [0.2, 0.25) is 0 Å². The molecular formula is C34H45N5O7.